The number of carbonyl (C=O) groups is 1. The van der Waals surface area contributed by atoms with E-state index in [4.69, 9.17) is 6.42 Å². The predicted octanol–water partition coefficient (Wildman–Crippen LogP) is 0.609. The molecular weight excluding hydrogens is 202 g/mol. The van der Waals surface area contributed by atoms with Gasteiger partial charge in [-0.2, -0.15) is 0 Å². The van der Waals surface area contributed by atoms with E-state index in [-0.39, 0.29) is 17.7 Å². The molecule has 1 amide bonds. The summed E-state index contributed by atoms with van der Waals surface area (Å²) >= 11 is 0. The van der Waals surface area contributed by atoms with Gasteiger partial charge in [-0.25, -0.2) is 0 Å². The highest BCUT2D eigenvalue weighted by Gasteiger charge is 2.58. The second-order valence-electron chi connectivity index (χ2n) is 4.95. The minimum absolute atomic E-state index is 0.0165. The van der Waals surface area contributed by atoms with E-state index in [1.165, 1.54) is 0 Å². The smallest absolute Gasteiger partial charge is 0.228 e. The Kier molecular flexibility index (Phi) is 2.08. The van der Waals surface area contributed by atoms with Gasteiger partial charge in [0.15, 0.2) is 0 Å². The predicted molar refractivity (Wildman–Crippen MR) is 58.9 cm³/mol. The molecule has 2 fully saturated rings. The molecule has 0 spiro atoms. The third-order valence-corrected chi connectivity index (χ3v) is 4.25. The maximum atomic E-state index is 12.2. The molecule has 16 heavy (non-hydrogen) atoms. The lowest BCUT2D eigenvalue weighted by Crippen LogP contribution is -2.37. The first-order valence-corrected chi connectivity index (χ1v) is 5.84. The van der Waals surface area contributed by atoms with Crippen LogP contribution in [0, 0.1) is 36.0 Å². The van der Waals surface area contributed by atoms with Crippen LogP contribution in [0.15, 0.2) is 12.2 Å². The van der Waals surface area contributed by atoms with Gasteiger partial charge in [0.2, 0.25) is 5.91 Å². The number of allylic oxidation sites excluding steroid dienone is 2. The first-order chi connectivity index (χ1) is 7.74. The molecule has 5 atom stereocenters. The lowest BCUT2D eigenvalue weighted by atomic mass is 9.85. The number of aliphatic hydroxyl groups excluding tert-OH is 1. The van der Waals surface area contributed by atoms with Gasteiger partial charge >= 0.3 is 0 Å². The molecule has 1 saturated heterocycles. The van der Waals surface area contributed by atoms with Gasteiger partial charge in [-0.05, 0) is 18.3 Å². The fourth-order valence-electron chi connectivity index (χ4n) is 3.57. The Balaban J connectivity index is 1.84. The number of hydrogen-bond donors (Lipinski definition) is 1. The SMILES string of the molecule is C#CCCN1C(=O)[C@@H]2[C@@H]([C@@H]3C=C[C@H]2C3)[C@H]1O. The Morgan fingerprint density at radius 2 is 2.25 bits per heavy atom. The fraction of sp³-hybridized carbons (Fsp3) is 0.615. The van der Waals surface area contributed by atoms with Crippen LogP contribution in [0.5, 0.6) is 0 Å². The molecule has 1 heterocycles. The average Bonchev–Trinajstić information content (AvgIpc) is 2.92. The van der Waals surface area contributed by atoms with Gasteiger partial charge < -0.3 is 10.0 Å². The van der Waals surface area contributed by atoms with Crippen LogP contribution in [0.25, 0.3) is 0 Å². The van der Waals surface area contributed by atoms with Crippen molar-refractivity contribution in [3.8, 4) is 12.3 Å². The summed E-state index contributed by atoms with van der Waals surface area (Å²) < 4.78 is 0. The summed E-state index contributed by atoms with van der Waals surface area (Å²) in [6.45, 7) is 0.489. The van der Waals surface area contributed by atoms with Crippen molar-refractivity contribution in [2.24, 2.45) is 23.7 Å². The van der Waals surface area contributed by atoms with Crippen LogP contribution >= 0.6 is 0 Å². The lowest BCUT2D eigenvalue weighted by Gasteiger charge is -2.24. The molecular formula is C13H15NO2. The minimum Gasteiger partial charge on any atom is -0.373 e. The van der Waals surface area contributed by atoms with Crippen molar-refractivity contribution >= 4 is 5.91 Å². The number of rotatable bonds is 2. The standard InChI is InChI=1S/C13H15NO2/c1-2-3-6-14-12(15)10-8-4-5-9(7-8)11(10)13(14)16/h1,4-5,8-12,15H,3,6-7H2/t8-,9+,10-,11+,12-/m1/s1. The molecule has 3 rings (SSSR count). The van der Waals surface area contributed by atoms with Crippen molar-refractivity contribution in [1.82, 2.24) is 4.90 Å². The van der Waals surface area contributed by atoms with Crippen LogP contribution in [-0.4, -0.2) is 28.7 Å². The quantitative estimate of drug-likeness (QED) is 0.544. The van der Waals surface area contributed by atoms with Crippen LogP contribution in [0.4, 0.5) is 0 Å². The minimum atomic E-state index is -0.620. The van der Waals surface area contributed by atoms with Crippen molar-refractivity contribution in [2.45, 2.75) is 19.1 Å². The molecule has 1 N–H and O–H groups in total. The van der Waals surface area contributed by atoms with Crippen LogP contribution in [-0.2, 0) is 4.79 Å². The summed E-state index contributed by atoms with van der Waals surface area (Å²) in [5.74, 6) is 3.50. The number of aliphatic hydroxyl groups is 1. The number of carbonyl (C=O) groups excluding carboxylic acids is 1. The third-order valence-electron chi connectivity index (χ3n) is 4.25. The molecule has 2 aliphatic carbocycles. The first kappa shape index (κ1) is 9.92. The molecule has 3 heteroatoms. The highest BCUT2D eigenvalue weighted by atomic mass is 16.3. The molecule has 2 bridgehead atoms. The largest absolute Gasteiger partial charge is 0.373 e. The summed E-state index contributed by atoms with van der Waals surface area (Å²) in [6, 6.07) is 0. The molecule has 0 aromatic rings. The van der Waals surface area contributed by atoms with E-state index in [0.29, 0.717) is 24.8 Å². The molecule has 0 unspecified atom stereocenters. The Morgan fingerprint density at radius 1 is 1.50 bits per heavy atom. The number of hydrogen-bond acceptors (Lipinski definition) is 2. The van der Waals surface area contributed by atoms with Gasteiger partial charge in [-0.3, -0.25) is 4.79 Å². The summed E-state index contributed by atoms with van der Waals surface area (Å²) in [5.41, 5.74) is 0. The van der Waals surface area contributed by atoms with Crippen LogP contribution in [0.1, 0.15) is 12.8 Å². The van der Waals surface area contributed by atoms with Crippen molar-refractivity contribution in [3.63, 3.8) is 0 Å². The van der Waals surface area contributed by atoms with Gasteiger partial charge in [0.25, 0.3) is 0 Å². The van der Waals surface area contributed by atoms with E-state index in [9.17, 15) is 9.90 Å². The van der Waals surface area contributed by atoms with Crippen molar-refractivity contribution in [2.75, 3.05) is 6.54 Å². The molecule has 0 aromatic heterocycles. The maximum Gasteiger partial charge on any atom is 0.228 e. The zero-order chi connectivity index (χ0) is 11.3. The molecule has 3 nitrogen and oxygen atoms in total. The zero-order valence-electron chi connectivity index (χ0n) is 9.04. The summed E-state index contributed by atoms with van der Waals surface area (Å²) in [4.78, 5) is 13.7. The Bertz CT molecular complexity index is 395. The monoisotopic (exact) mass is 217 g/mol. The maximum absolute atomic E-state index is 12.2. The second kappa shape index (κ2) is 3.36. The average molecular weight is 217 g/mol. The molecule has 3 aliphatic rings. The summed E-state index contributed by atoms with van der Waals surface area (Å²) in [7, 11) is 0. The van der Waals surface area contributed by atoms with Crippen molar-refractivity contribution in [1.29, 1.82) is 0 Å². The molecule has 0 aromatic carbocycles. The van der Waals surface area contributed by atoms with Crippen LogP contribution in [0.3, 0.4) is 0 Å². The van der Waals surface area contributed by atoms with Gasteiger partial charge in [0, 0.05) is 18.9 Å². The Labute approximate surface area is 95.1 Å². The second-order valence-corrected chi connectivity index (χ2v) is 4.95. The highest BCUT2D eigenvalue weighted by Crippen LogP contribution is 2.53. The van der Waals surface area contributed by atoms with Gasteiger partial charge in [0.05, 0.1) is 5.92 Å². The third kappa shape index (κ3) is 1.11. The summed E-state index contributed by atoms with van der Waals surface area (Å²) in [6.07, 6.45) is 10.4. The lowest BCUT2D eigenvalue weighted by molar-refractivity contribution is -0.136. The summed E-state index contributed by atoms with van der Waals surface area (Å²) in [5, 5.41) is 10.2. The Morgan fingerprint density at radius 3 is 2.94 bits per heavy atom. The van der Waals surface area contributed by atoms with Crippen LogP contribution < -0.4 is 0 Å². The molecule has 1 saturated carbocycles. The van der Waals surface area contributed by atoms with Gasteiger partial charge in [0.1, 0.15) is 6.23 Å². The number of terminal acetylenes is 1. The van der Waals surface area contributed by atoms with Crippen molar-refractivity contribution in [3.05, 3.63) is 12.2 Å². The van der Waals surface area contributed by atoms with Crippen molar-refractivity contribution < 1.29 is 9.90 Å². The van der Waals surface area contributed by atoms with E-state index >= 15 is 0 Å². The number of nitrogens with zero attached hydrogens (tertiary/aromatic N) is 1. The zero-order valence-corrected chi connectivity index (χ0v) is 9.04. The molecule has 0 radical (unpaired) electrons. The van der Waals surface area contributed by atoms with Crippen LogP contribution in [0.2, 0.25) is 0 Å². The number of fused-ring (bicyclic) bond motifs is 5. The van der Waals surface area contributed by atoms with E-state index in [0.717, 1.165) is 6.42 Å². The normalized spacial score (nSPS) is 43.9. The van der Waals surface area contributed by atoms with E-state index in [1.54, 1.807) is 4.90 Å². The number of likely N-dealkylation sites (tertiary alicyclic amines) is 1. The van der Waals surface area contributed by atoms with Gasteiger partial charge in [-0.1, -0.05) is 12.2 Å². The van der Waals surface area contributed by atoms with E-state index in [2.05, 4.69) is 18.1 Å². The van der Waals surface area contributed by atoms with E-state index < -0.39 is 6.23 Å². The highest BCUT2D eigenvalue weighted by molar-refractivity contribution is 5.83. The molecule has 1 aliphatic heterocycles. The Hall–Kier alpha value is -1.27. The van der Waals surface area contributed by atoms with Gasteiger partial charge in [-0.15, -0.1) is 12.3 Å². The topological polar surface area (TPSA) is 40.5 Å². The van der Waals surface area contributed by atoms with E-state index in [1.807, 2.05) is 0 Å². The number of amides is 1. The fourth-order valence-corrected chi connectivity index (χ4v) is 3.57. The first-order valence-electron chi connectivity index (χ1n) is 5.84. The molecule has 84 valence electrons.